The summed E-state index contributed by atoms with van der Waals surface area (Å²) in [6, 6.07) is 0. The molecule has 2 N–H and O–H groups in total. The van der Waals surface area contributed by atoms with E-state index >= 15 is 0 Å². The van der Waals surface area contributed by atoms with Crippen LogP contribution in [0.3, 0.4) is 0 Å². The first-order chi connectivity index (χ1) is 9.44. The molecule has 0 aromatic rings. The van der Waals surface area contributed by atoms with Gasteiger partial charge in [0.15, 0.2) is 0 Å². The molecule has 118 valence electrons. The van der Waals surface area contributed by atoms with Crippen LogP contribution in [0.2, 0.25) is 0 Å². The molecule has 0 aliphatic rings. The van der Waals surface area contributed by atoms with Gasteiger partial charge in [0.1, 0.15) is 0 Å². The van der Waals surface area contributed by atoms with Crippen LogP contribution < -0.4 is 0 Å². The third kappa shape index (κ3) is 5.51. The van der Waals surface area contributed by atoms with Crippen LogP contribution in [0.15, 0.2) is 0 Å². The summed E-state index contributed by atoms with van der Waals surface area (Å²) < 4.78 is 0. The van der Waals surface area contributed by atoms with E-state index in [0.29, 0.717) is 19.3 Å². The summed E-state index contributed by atoms with van der Waals surface area (Å²) in [5.41, 5.74) is -0.752. The quantitative estimate of drug-likeness (QED) is 0.524. The Hall–Kier alpha value is -1.06. The minimum atomic E-state index is -0.843. The lowest BCUT2D eigenvalue weighted by Crippen LogP contribution is -2.38. The van der Waals surface area contributed by atoms with Crippen molar-refractivity contribution in [3.8, 4) is 0 Å². The Morgan fingerprint density at radius 2 is 1.70 bits per heavy atom. The van der Waals surface area contributed by atoms with Gasteiger partial charge in [0, 0.05) is 6.42 Å². The zero-order chi connectivity index (χ0) is 15.6. The lowest BCUT2D eigenvalue weighted by molar-refractivity contribution is -0.155. The van der Waals surface area contributed by atoms with E-state index in [1.807, 2.05) is 13.8 Å². The first-order valence-electron chi connectivity index (χ1n) is 7.89. The summed E-state index contributed by atoms with van der Waals surface area (Å²) in [6.07, 6.45) is 6.71. The molecule has 0 fully saturated rings. The zero-order valence-electron chi connectivity index (χ0n) is 13.2. The lowest BCUT2D eigenvalue weighted by Gasteiger charge is -2.36. The molecular formula is C16H30O4. The molecule has 0 aliphatic carbocycles. The van der Waals surface area contributed by atoms with Crippen molar-refractivity contribution in [2.24, 2.45) is 11.3 Å². The van der Waals surface area contributed by atoms with E-state index in [-0.39, 0.29) is 12.3 Å². The first-order valence-corrected chi connectivity index (χ1v) is 7.89. The number of carboxylic acid groups (broad SMARTS) is 2. The Labute approximate surface area is 122 Å². The predicted octanol–water partition coefficient (Wildman–Crippen LogP) is 4.33. The summed E-state index contributed by atoms with van der Waals surface area (Å²) in [6.45, 7) is 6.01. The van der Waals surface area contributed by atoms with Crippen molar-refractivity contribution in [1.29, 1.82) is 0 Å². The van der Waals surface area contributed by atoms with Gasteiger partial charge in [-0.1, -0.05) is 52.9 Å². The third-order valence-corrected chi connectivity index (χ3v) is 4.51. The zero-order valence-corrected chi connectivity index (χ0v) is 13.2. The van der Waals surface area contributed by atoms with Gasteiger partial charge >= 0.3 is 11.9 Å². The van der Waals surface area contributed by atoms with Crippen LogP contribution in [0, 0.1) is 11.3 Å². The number of hydrogen-bond donors (Lipinski definition) is 2. The monoisotopic (exact) mass is 286 g/mol. The minimum absolute atomic E-state index is 0.0530. The smallest absolute Gasteiger partial charge is 0.309 e. The predicted molar refractivity (Wildman–Crippen MR) is 79.8 cm³/mol. The van der Waals surface area contributed by atoms with Crippen LogP contribution in [0.5, 0.6) is 0 Å². The molecule has 0 saturated carbocycles. The maximum Gasteiger partial charge on any atom is 0.309 e. The number of carboxylic acids is 2. The molecule has 0 aromatic carbocycles. The highest BCUT2D eigenvalue weighted by atomic mass is 16.4. The Bertz CT molecular complexity index is 301. The molecule has 20 heavy (non-hydrogen) atoms. The van der Waals surface area contributed by atoms with Crippen LogP contribution >= 0.6 is 0 Å². The molecular weight excluding hydrogens is 256 g/mol. The fourth-order valence-corrected chi connectivity index (χ4v) is 3.14. The average molecular weight is 286 g/mol. The largest absolute Gasteiger partial charge is 0.481 e. The lowest BCUT2D eigenvalue weighted by atomic mass is 9.67. The van der Waals surface area contributed by atoms with E-state index in [9.17, 15) is 14.7 Å². The van der Waals surface area contributed by atoms with E-state index in [4.69, 9.17) is 5.11 Å². The van der Waals surface area contributed by atoms with Crippen molar-refractivity contribution < 1.29 is 19.8 Å². The van der Waals surface area contributed by atoms with Gasteiger partial charge in [-0.05, 0) is 25.2 Å². The van der Waals surface area contributed by atoms with E-state index in [0.717, 1.165) is 32.1 Å². The van der Waals surface area contributed by atoms with E-state index in [1.165, 1.54) is 0 Å². The molecule has 0 radical (unpaired) electrons. The molecule has 2 unspecified atom stereocenters. The van der Waals surface area contributed by atoms with Crippen molar-refractivity contribution >= 4 is 11.9 Å². The first kappa shape index (κ1) is 18.9. The van der Waals surface area contributed by atoms with Crippen LogP contribution in [0.1, 0.15) is 78.6 Å². The molecule has 0 saturated heterocycles. The second-order valence-corrected chi connectivity index (χ2v) is 5.66. The third-order valence-electron chi connectivity index (χ3n) is 4.51. The van der Waals surface area contributed by atoms with Crippen LogP contribution in [0.4, 0.5) is 0 Å². The van der Waals surface area contributed by atoms with Crippen molar-refractivity contribution in [3.05, 3.63) is 0 Å². The van der Waals surface area contributed by atoms with E-state index in [1.54, 1.807) is 0 Å². The highest BCUT2D eigenvalue weighted by Crippen LogP contribution is 2.42. The van der Waals surface area contributed by atoms with Crippen LogP contribution in [-0.4, -0.2) is 22.2 Å². The summed E-state index contributed by atoms with van der Waals surface area (Å²) in [7, 11) is 0. The number of unbranched alkanes of at least 4 members (excludes halogenated alkanes) is 3. The molecule has 0 aliphatic heterocycles. The molecule has 2 atom stereocenters. The maximum absolute atomic E-state index is 11.8. The Kier molecular flexibility index (Phi) is 9.26. The molecule has 4 nitrogen and oxygen atoms in total. The van der Waals surface area contributed by atoms with Gasteiger partial charge < -0.3 is 10.2 Å². The second kappa shape index (κ2) is 9.78. The second-order valence-electron chi connectivity index (χ2n) is 5.66. The highest BCUT2D eigenvalue weighted by Gasteiger charge is 2.42. The van der Waals surface area contributed by atoms with Gasteiger partial charge in [-0.2, -0.15) is 0 Å². The molecule has 0 spiro atoms. The van der Waals surface area contributed by atoms with Crippen molar-refractivity contribution in [3.63, 3.8) is 0 Å². The number of aliphatic carboxylic acids is 2. The summed E-state index contributed by atoms with van der Waals surface area (Å²) in [5, 5.41) is 18.5. The van der Waals surface area contributed by atoms with Gasteiger partial charge in [-0.3, -0.25) is 9.59 Å². The van der Waals surface area contributed by atoms with Crippen molar-refractivity contribution in [2.45, 2.75) is 78.6 Å². The maximum atomic E-state index is 11.8. The molecule has 0 aromatic heterocycles. The van der Waals surface area contributed by atoms with Gasteiger partial charge in [0.05, 0.1) is 5.41 Å². The van der Waals surface area contributed by atoms with Crippen LogP contribution in [0.25, 0.3) is 0 Å². The van der Waals surface area contributed by atoms with E-state index < -0.39 is 17.4 Å². The van der Waals surface area contributed by atoms with Crippen LogP contribution in [-0.2, 0) is 9.59 Å². The van der Waals surface area contributed by atoms with Gasteiger partial charge in [0.2, 0.25) is 0 Å². The van der Waals surface area contributed by atoms with E-state index in [2.05, 4.69) is 6.92 Å². The summed E-state index contributed by atoms with van der Waals surface area (Å²) in [5.74, 6) is -1.65. The fraction of sp³-hybridized carbons (Fsp3) is 0.875. The molecule has 0 amide bonds. The standard InChI is InChI=1S/C16H30O4/c1-4-7-8-9-12-16(6-3,15(19)20)13(5-2)10-11-14(17)18/h13H,4-12H2,1-3H3,(H,17,18)(H,19,20). The summed E-state index contributed by atoms with van der Waals surface area (Å²) >= 11 is 0. The summed E-state index contributed by atoms with van der Waals surface area (Å²) in [4.78, 5) is 22.6. The Morgan fingerprint density at radius 1 is 1.05 bits per heavy atom. The van der Waals surface area contributed by atoms with Crippen molar-refractivity contribution in [1.82, 2.24) is 0 Å². The highest BCUT2D eigenvalue weighted by molar-refractivity contribution is 5.75. The van der Waals surface area contributed by atoms with Gasteiger partial charge in [0.25, 0.3) is 0 Å². The normalized spacial score (nSPS) is 15.6. The Morgan fingerprint density at radius 3 is 2.10 bits per heavy atom. The Balaban J connectivity index is 4.86. The van der Waals surface area contributed by atoms with Crippen molar-refractivity contribution in [2.75, 3.05) is 0 Å². The van der Waals surface area contributed by atoms with Gasteiger partial charge in [-0.25, -0.2) is 0 Å². The molecule has 0 bridgehead atoms. The fourth-order valence-electron chi connectivity index (χ4n) is 3.14. The molecule has 4 heteroatoms. The topological polar surface area (TPSA) is 74.6 Å². The molecule has 0 rings (SSSR count). The minimum Gasteiger partial charge on any atom is -0.481 e. The number of hydrogen-bond acceptors (Lipinski definition) is 2. The van der Waals surface area contributed by atoms with Gasteiger partial charge in [-0.15, -0.1) is 0 Å². The molecule has 0 heterocycles. The number of rotatable bonds is 12. The SMILES string of the molecule is CCCCCCC(CC)(C(=O)O)C(CC)CCC(=O)O. The average Bonchev–Trinajstić information content (AvgIpc) is 2.41. The number of carbonyl (C=O) groups is 2.